The number of hydrogen-bond donors (Lipinski definition) is 1. The minimum atomic E-state index is -0.0553. The fourth-order valence-corrected chi connectivity index (χ4v) is 2.18. The maximum atomic E-state index is 6.09. The zero-order valence-electron chi connectivity index (χ0n) is 11.6. The summed E-state index contributed by atoms with van der Waals surface area (Å²) < 4.78 is 5.42. The summed E-state index contributed by atoms with van der Waals surface area (Å²) in [5.74, 6) is 0.854. The first-order valence-electron chi connectivity index (χ1n) is 6.44. The highest BCUT2D eigenvalue weighted by molar-refractivity contribution is 5.61. The van der Waals surface area contributed by atoms with Crippen LogP contribution in [0.25, 0.3) is 0 Å². The van der Waals surface area contributed by atoms with Crippen molar-refractivity contribution in [3.05, 3.63) is 36.4 Å². The summed E-state index contributed by atoms with van der Waals surface area (Å²) in [7, 11) is 1.68. The molecule has 0 fully saturated rings. The molecule has 0 bridgehead atoms. The van der Waals surface area contributed by atoms with Gasteiger partial charge in [0.1, 0.15) is 5.75 Å². The van der Waals surface area contributed by atoms with Gasteiger partial charge in [-0.05, 0) is 25.5 Å². The molecule has 0 spiro atoms. The summed E-state index contributed by atoms with van der Waals surface area (Å²) in [6.07, 6.45) is 3.00. The van der Waals surface area contributed by atoms with Crippen LogP contribution in [0, 0.1) is 0 Å². The van der Waals surface area contributed by atoms with Crippen LogP contribution in [-0.4, -0.2) is 20.2 Å². The van der Waals surface area contributed by atoms with E-state index in [1.54, 1.807) is 7.11 Å². The Morgan fingerprint density at radius 2 is 2.22 bits per heavy atom. The van der Waals surface area contributed by atoms with E-state index in [1.807, 2.05) is 25.1 Å². The molecule has 100 valence electrons. The number of ether oxygens (including phenoxy) is 1. The number of hydrogen-bond acceptors (Lipinski definition) is 3. The smallest absolute Gasteiger partial charge is 0.125 e. The van der Waals surface area contributed by atoms with Crippen molar-refractivity contribution in [1.29, 1.82) is 0 Å². The number of nitrogens with two attached hydrogens (primary N) is 1. The molecule has 0 aromatic heterocycles. The molecule has 18 heavy (non-hydrogen) atoms. The third kappa shape index (κ3) is 3.26. The summed E-state index contributed by atoms with van der Waals surface area (Å²) in [6, 6.07) is 6.01. The number of nitrogens with zero attached hydrogens (tertiary/aromatic N) is 1. The Morgan fingerprint density at radius 3 is 2.72 bits per heavy atom. The van der Waals surface area contributed by atoms with Crippen molar-refractivity contribution < 1.29 is 4.74 Å². The number of rotatable bonds is 7. The maximum Gasteiger partial charge on any atom is 0.125 e. The topological polar surface area (TPSA) is 38.5 Å². The quantitative estimate of drug-likeness (QED) is 0.753. The molecule has 1 aromatic rings. The lowest BCUT2D eigenvalue weighted by Gasteiger charge is -2.27. The lowest BCUT2D eigenvalue weighted by molar-refractivity contribution is 0.407. The van der Waals surface area contributed by atoms with Crippen LogP contribution in [0.15, 0.2) is 30.9 Å². The molecule has 0 saturated carbocycles. The SMILES string of the molecule is C=CCN(CCC)c1cccc(OC)c1[C@@H](C)N. The van der Waals surface area contributed by atoms with Crippen LogP contribution in [0.2, 0.25) is 0 Å². The average molecular weight is 248 g/mol. The fourth-order valence-electron chi connectivity index (χ4n) is 2.18. The van der Waals surface area contributed by atoms with Crippen molar-refractivity contribution in [2.75, 3.05) is 25.1 Å². The maximum absolute atomic E-state index is 6.09. The van der Waals surface area contributed by atoms with Crippen molar-refractivity contribution in [3.63, 3.8) is 0 Å². The zero-order valence-corrected chi connectivity index (χ0v) is 11.6. The minimum Gasteiger partial charge on any atom is -0.496 e. The van der Waals surface area contributed by atoms with Gasteiger partial charge in [0.05, 0.1) is 7.11 Å². The van der Waals surface area contributed by atoms with Gasteiger partial charge in [0, 0.05) is 30.4 Å². The molecule has 1 atom stereocenters. The van der Waals surface area contributed by atoms with E-state index in [1.165, 1.54) is 0 Å². The second kappa shape index (κ2) is 7.07. The molecule has 0 radical (unpaired) electrons. The van der Waals surface area contributed by atoms with Crippen LogP contribution < -0.4 is 15.4 Å². The van der Waals surface area contributed by atoms with Crippen LogP contribution in [0.5, 0.6) is 5.75 Å². The molecule has 0 heterocycles. The predicted molar refractivity (Wildman–Crippen MR) is 78.3 cm³/mol. The number of benzene rings is 1. The van der Waals surface area contributed by atoms with E-state index >= 15 is 0 Å². The molecule has 2 N–H and O–H groups in total. The normalized spacial score (nSPS) is 12.0. The Morgan fingerprint density at radius 1 is 1.50 bits per heavy atom. The third-order valence-corrected chi connectivity index (χ3v) is 2.90. The Balaban J connectivity index is 3.22. The first-order valence-corrected chi connectivity index (χ1v) is 6.44. The van der Waals surface area contributed by atoms with E-state index in [-0.39, 0.29) is 6.04 Å². The minimum absolute atomic E-state index is 0.0553. The van der Waals surface area contributed by atoms with Gasteiger partial charge in [0.2, 0.25) is 0 Å². The molecule has 0 aliphatic rings. The third-order valence-electron chi connectivity index (χ3n) is 2.90. The summed E-state index contributed by atoms with van der Waals surface area (Å²) in [4.78, 5) is 2.29. The first kappa shape index (κ1) is 14.6. The summed E-state index contributed by atoms with van der Waals surface area (Å²) >= 11 is 0. The van der Waals surface area contributed by atoms with Gasteiger partial charge in [-0.1, -0.05) is 19.1 Å². The van der Waals surface area contributed by atoms with Gasteiger partial charge in [-0.2, -0.15) is 0 Å². The lowest BCUT2D eigenvalue weighted by atomic mass is 10.0. The van der Waals surface area contributed by atoms with Gasteiger partial charge in [-0.3, -0.25) is 0 Å². The van der Waals surface area contributed by atoms with Crippen LogP contribution in [0.3, 0.4) is 0 Å². The molecule has 3 nitrogen and oxygen atoms in total. The van der Waals surface area contributed by atoms with Crippen LogP contribution in [0.1, 0.15) is 31.9 Å². The highest BCUT2D eigenvalue weighted by Gasteiger charge is 2.16. The van der Waals surface area contributed by atoms with Crippen LogP contribution >= 0.6 is 0 Å². The van der Waals surface area contributed by atoms with Crippen molar-refractivity contribution >= 4 is 5.69 Å². The Labute approximate surface area is 110 Å². The van der Waals surface area contributed by atoms with Gasteiger partial charge in [-0.15, -0.1) is 6.58 Å². The van der Waals surface area contributed by atoms with Gasteiger partial charge < -0.3 is 15.4 Å². The molecule has 0 aliphatic carbocycles. The van der Waals surface area contributed by atoms with Gasteiger partial charge >= 0.3 is 0 Å². The Hall–Kier alpha value is -1.48. The summed E-state index contributed by atoms with van der Waals surface area (Å²) in [5, 5.41) is 0. The molecular weight excluding hydrogens is 224 g/mol. The zero-order chi connectivity index (χ0) is 13.5. The van der Waals surface area contributed by atoms with Gasteiger partial charge in [-0.25, -0.2) is 0 Å². The standard InChI is InChI=1S/C15H24N2O/c1-5-10-17(11-6-2)13-8-7-9-14(18-4)15(13)12(3)16/h5,7-9,12H,1,6,10-11,16H2,2-4H3/t12-/m1/s1. The largest absolute Gasteiger partial charge is 0.496 e. The monoisotopic (exact) mass is 248 g/mol. The number of anilines is 1. The van der Waals surface area contributed by atoms with E-state index < -0.39 is 0 Å². The Bertz CT molecular complexity index is 388. The lowest BCUT2D eigenvalue weighted by Crippen LogP contribution is -2.26. The predicted octanol–water partition coefficient (Wildman–Crippen LogP) is 3.12. The highest BCUT2D eigenvalue weighted by atomic mass is 16.5. The van der Waals surface area contributed by atoms with Gasteiger partial charge in [0.25, 0.3) is 0 Å². The molecule has 0 saturated heterocycles. The second-order valence-electron chi connectivity index (χ2n) is 4.42. The average Bonchev–Trinajstić information content (AvgIpc) is 2.37. The van der Waals surface area contributed by atoms with Crippen molar-refractivity contribution in [2.24, 2.45) is 5.73 Å². The van der Waals surface area contributed by atoms with Crippen molar-refractivity contribution in [1.82, 2.24) is 0 Å². The van der Waals surface area contributed by atoms with E-state index in [2.05, 4.69) is 24.5 Å². The molecular formula is C15H24N2O. The van der Waals surface area contributed by atoms with Crippen molar-refractivity contribution in [2.45, 2.75) is 26.3 Å². The van der Waals surface area contributed by atoms with E-state index in [0.29, 0.717) is 0 Å². The molecule has 0 aliphatic heterocycles. The van der Waals surface area contributed by atoms with E-state index in [0.717, 1.165) is 36.5 Å². The Kier molecular flexibility index (Phi) is 5.72. The van der Waals surface area contributed by atoms with Crippen molar-refractivity contribution in [3.8, 4) is 5.75 Å². The van der Waals surface area contributed by atoms with E-state index in [9.17, 15) is 0 Å². The summed E-state index contributed by atoms with van der Waals surface area (Å²) in [6.45, 7) is 9.78. The van der Waals surface area contributed by atoms with Crippen LogP contribution in [0.4, 0.5) is 5.69 Å². The van der Waals surface area contributed by atoms with Crippen LogP contribution in [-0.2, 0) is 0 Å². The molecule has 0 unspecified atom stereocenters. The number of methoxy groups -OCH3 is 1. The van der Waals surface area contributed by atoms with Gasteiger partial charge in [0.15, 0.2) is 0 Å². The first-order chi connectivity index (χ1) is 8.65. The molecule has 1 aromatic carbocycles. The second-order valence-corrected chi connectivity index (χ2v) is 4.42. The molecule has 1 rings (SSSR count). The molecule has 0 amide bonds. The summed E-state index contributed by atoms with van der Waals surface area (Å²) in [5.41, 5.74) is 8.30. The van der Waals surface area contributed by atoms with E-state index in [4.69, 9.17) is 10.5 Å². The fraction of sp³-hybridized carbons (Fsp3) is 0.467. The highest BCUT2D eigenvalue weighted by Crippen LogP contribution is 2.33. The molecule has 3 heteroatoms.